The normalized spacial score (nSPS) is 18.2. The molecule has 0 unspecified atom stereocenters. The molecule has 3 aromatic rings. The van der Waals surface area contributed by atoms with E-state index in [9.17, 15) is 22.0 Å². The maximum Gasteiger partial charge on any atom is 0.422 e. The van der Waals surface area contributed by atoms with Crippen molar-refractivity contribution in [2.45, 2.75) is 51.6 Å². The summed E-state index contributed by atoms with van der Waals surface area (Å²) in [6.45, 7) is 0.641. The lowest BCUT2D eigenvalue weighted by Gasteiger charge is -2.25. The number of fused-ring (bicyclic) bond motifs is 1. The van der Waals surface area contributed by atoms with Gasteiger partial charge in [-0.25, -0.2) is 8.78 Å². The van der Waals surface area contributed by atoms with E-state index in [4.69, 9.17) is 0 Å². The zero-order valence-corrected chi connectivity index (χ0v) is 19.5. The number of hydrogen-bond acceptors (Lipinski definition) is 1. The zero-order chi connectivity index (χ0) is 25.0. The molecule has 0 atom stereocenters. The lowest BCUT2D eigenvalue weighted by atomic mass is 9.80. The van der Waals surface area contributed by atoms with E-state index in [2.05, 4.69) is 23.5 Å². The topological polar surface area (TPSA) is 9.23 Å². The second-order valence-electron chi connectivity index (χ2n) is 9.19. The summed E-state index contributed by atoms with van der Waals surface area (Å²) in [7, 11) is 0. The van der Waals surface area contributed by atoms with Gasteiger partial charge < -0.3 is 4.74 Å². The van der Waals surface area contributed by atoms with Gasteiger partial charge >= 0.3 is 6.18 Å². The summed E-state index contributed by atoms with van der Waals surface area (Å²) in [4.78, 5) is 0. The molecule has 0 bridgehead atoms. The predicted molar refractivity (Wildman–Crippen MR) is 128 cm³/mol. The maximum absolute atomic E-state index is 14.9. The van der Waals surface area contributed by atoms with Gasteiger partial charge in [0, 0.05) is 22.4 Å². The third-order valence-electron chi connectivity index (χ3n) is 6.55. The number of hydrogen-bond donors (Lipinski definition) is 0. The fourth-order valence-electron chi connectivity index (χ4n) is 4.73. The van der Waals surface area contributed by atoms with Gasteiger partial charge in [-0.2, -0.15) is 13.2 Å². The molecule has 3 aromatic carbocycles. The second-order valence-corrected chi connectivity index (χ2v) is 9.19. The number of benzene rings is 3. The van der Waals surface area contributed by atoms with Gasteiger partial charge in [-0.05, 0) is 66.8 Å². The molecule has 1 aliphatic carbocycles. The molecule has 184 valence electrons. The quantitative estimate of drug-likeness (QED) is 0.259. The minimum absolute atomic E-state index is 0.102. The van der Waals surface area contributed by atoms with E-state index in [1.807, 2.05) is 0 Å². The van der Waals surface area contributed by atoms with Crippen LogP contribution in [0.2, 0.25) is 0 Å². The van der Waals surface area contributed by atoms with E-state index in [-0.39, 0.29) is 5.39 Å². The summed E-state index contributed by atoms with van der Waals surface area (Å²) in [6.07, 6.45) is 2.53. The van der Waals surface area contributed by atoms with Crippen molar-refractivity contribution in [1.82, 2.24) is 0 Å². The molecule has 0 spiro atoms. The van der Waals surface area contributed by atoms with Crippen molar-refractivity contribution in [1.29, 1.82) is 0 Å². The summed E-state index contributed by atoms with van der Waals surface area (Å²) in [6, 6.07) is 12.0. The van der Waals surface area contributed by atoms with E-state index in [0.717, 1.165) is 24.8 Å². The van der Waals surface area contributed by atoms with E-state index in [1.165, 1.54) is 49.9 Å². The minimum Gasteiger partial charge on any atom is -0.481 e. The number of ether oxygens (including phenoxy) is 1. The van der Waals surface area contributed by atoms with Crippen LogP contribution in [0, 0.1) is 35.3 Å². The Balaban J connectivity index is 1.49. The molecule has 0 aromatic heterocycles. The molecule has 1 fully saturated rings. The summed E-state index contributed by atoms with van der Waals surface area (Å²) in [5, 5.41) is 0.534. The fourth-order valence-corrected chi connectivity index (χ4v) is 4.73. The summed E-state index contributed by atoms with van der Waals surface area (Å²) in [5.41, 5.74) is 1.49. The molecule has 0 saturated heterocycles. The van der Waals surface area contributed by atoms with Crippen LogP contribution in [0.3, 0.4) is 0 Å². The Labute approximate surface area is 202 Å². The summed E-state index contributed by atoms with van der Waals surface area (Å²) < 4.78 is 71.3. The highest BCUT2D eigenvalue weighted by molar-refractivity contribution is 5.89. The zero-order valence-electron chi connectivity index (χ0n) is 19.5. The maximum atomic E-state index is 14.9. The lowest BCUT2D eigenvalue weighted by molar-refractivity contribution is -0.153. The molecule has 0 amide bonds. The monoisotopic (exact) mass is 486 g/mol. The van der Waals surface area contributed by atoms with E-state index < -0.39 is 30.2 Å². The first-order chi connectivity index (χ1) is 16.7. The molecule has 0 aliphatic heterocycles. The first kappa shape index (κ1) is 25.0. The fraction of sp³-hybridized carbons (Fsp3) is 0.379. The molecule has 1 nitrogen and oxygen atoms in total. The standard InChI is InChI=1S/C29H27F5O/c1-2-3-19-4-6-20(7-5-19)8-9-21-10-13-24(26(30)16-21)22-11-14-25-23(17-22)12-15-27(28(25)31)35-18-29(32,33)34/h10-17,19-20H,2-7,18H2,1H3. The molecule has 0 N–H and O–H groups in total. The number of halogens is 5. The van der Waals surface area contributed by atoms with Crippen molar-refractivity contribution in [3.05, 3.63) is 65.7 Å². The molecular formula is C29H27F5O. The highest BCUT2D eigenvalue weighted by Crippen LogP contribution is 2.33. The predicted octanol–water partition coefficient (Wildman–Crippen LogP) is 8.68. The summed E-state index contributed by atoms with van der Waals surface area (Å²) >= 11 is 0. The Bertz CT molecular complexity index is 1240. The van der Waals surface area contributed by atoms with Crippen molar-refractivity contribution < 1.29 is 26.7 Å². The number of alkyl halides is 3. The lowest BCUT2D eigenvalue weighted by Crippen LogP contribution is -2.19. The van der Waals surface area contributed by atoms with Gasteiger partial charge in [0.25, 0.3) is 0 Å². The van der Waals surface area contributed by atoms with Crippen LogP contribution >= 0.6 is 0 Å². The van der Waals surface area contributed by atoms with Crippen LogP contribution in [0.4, 0.5) is 22.0 Å². The Morgan fingerprint density at radius 2 is 1.71 bits per heavy atom. The highest BCUT2D eigenvalue weighted by Gasteiger charge is 2.29. The molecule has 1 saturated carbocycles. The highest BCUT2D eigenvalue weighted by atomic mass is 19.4. The van der Waals surface area contributed by atoms with Gasteiger partial charge in [0.1, 0.15) is 5.82 Å². The van der Waals surface area contributed by atoms with Crippen molar-refractivity contribution in [2.75, 3.05) is 6.61 Å². The van der Waals surface area contributed by atoms with Crippen LogP contribution in [0.5, 0.6) is 5.75 Å². The van der Waals surface area contributed by atoms with Crippen molar-refractivity contribution >= 4 is 10.8 Å². The Kier molecular flexibility index (Phi) is 7.64. The Morgan fingerprint density at radius 3 is 2.40 bits per heavy atom. The minimum atomic E-state index is -4.56. The third kappa shape index (κ3) is 6.33. The van der Waals surface area contributed by atoms with E-state index in [0.29, 0.717) is 28.0 Å². The largest absolute Gasteiger partial charge is 0.481 e. The van der Waals surface area contributed by atoms with Crippen molar-refractivity contribution in [3.63, 3.8) is 0 Å². The van der Waals surface area contributed by atoms with Crippen molar-refractivity contribution in [2.24, 2.45) is 11.8 Å². The van der Waals surface area contributed by atoms with Gasteiger partial charge in [0.2, 0.25) is 0 Å². The SMILES string of the molecule is CCCC1CCC(C#Cc2ccc(-c3ccc4c(F)c(OCC(F)(F)F)ccc4c3)c(F)c2)CC1. The first-order valence-corrected chi connectivity index (χ1v) is 12.0. The third-order valence-corrected chi connectivity index (χ3v) is 6.55. The Morgan fingerprint density at radius 1 is 0.943 bits per heavy atom. The van der Waals surface area contributed by atoms with E-state index >= 15 is 0 Å². The van der Waals surface area contributed by atoms with Crippen LogP contribution in [0.15, 0.2) is 48.5 Å². The van der Waals surface area contributed by atoms with Crippen LogP contribution in [0.25, 0.3) is 21.9 Å². The molecule has 6 heteroatoms. The average Bonchev–Trinajstić information content (AvgIpc) is 2.83. The van der Waals surface area contributed by atoms with Crippen molar-refractivity contribution in [3.8, 4) is 28.7 Å². The molecule has 4 rings (SSSR count). The van der Waals surface area contributed by atoms with Gasteiger partial charge in [0.05, 0.1) is 0 Å². The molecule has 0 radical (unpaired) electrons. The van der Waals surface area contributed by atoms with Gasteiger partial charge in [-0.3, -0.25) is 0 Å². The first-order valence-electron chi connectivity index (χ1n) is 12.0. The van der Waals surface area contributed by atoms with Crippen LogP contribution in [-0.2, 0) is 0 Å². The van der Waals surface area contributed by atoms with Gasteiger partial charge in [-0.1, -0.05) is 55.9 Å². The van der Waals surface area contributed by atoms with Crippen LogP contribution < -0.4 is 4.74 Å². The van der Waals surface area contributed by atoms with E-state index in [1.54, 1.807) is 18.2 Å². The molecule has 35 heavy (non-hydrogen) atoms. The molecular weight excluding hydrogens is 459 g/mol. The smallest absolute Gasteiger partial charge is 0.422 e. The number of rotatable bonds is 5. The molecule has 0 heterocycles. The second kappa shape index (κ2) is 10.7. The summed E-state index contributed by atoms with van der Waals surface area (Å²) in [5.74, 6) is 5.78. The van der Waals surface area contributed by atoms with Crippen LogP contribution in [0.1, 0.15) is 51.0 Å². The average molecular weight is 487 g/mol. The molecule has 1 aliphatic rings. The van der Waals surface area contributed by atoms with Gasteiger partial charge in [0.15, 0.2) is 18.2 Å². The Hall–Kier alpha value is -3.07. The van der Waals surface area contributed by atoms with Gasteiger partial charge in [-0.15, -0.1) is 0 Å². The van der Waals surface area contributed by atoms with Crippen LogP contribution in [-0.4, -0.2) is 12.8 Å².